The second-order valence-electron chi connectivity index (χ2n) is 5.77. The predicted molar refractivity (Wildman–Crippen MR) is 90.7 cm³/mol. The summed E-state index contributed by atoms with van der Waals surface area (Å²) in [4.78, 5) is 23.8. The Morgan fingerprint density at radius 1 is 1.05 bits per heavy atom. The van der Waals surface area contributed by atoms with Crippen molar-refractivity contribution in [3.05, 3.63) is 34.3 Å². The summed E-state index contributed by atoms with van der Waals surface area (Å²) in [6.07, 6.45) is 7.44. The Balaban J connectivity index is 1.67. The number of rotatable bonds is 5. The monoisotopic (exact) mass is 366 g/mol. The highest BCUT2D eigenvalue weighted by Crippen LogP contribution is 2.17. The van der Waals surface area contributed by atoms with Crippen LogP contribution in [0.4, 0.5) is 0 Å². The summed E-state index contributed by atoms with van der Waals surface area (Å²) in [6, 6.07) is 7.48. The van der Waals surface area contributed by atoms with Crippen LogP contribution in [0.2, 0.25) is 0 Å². The van der Waals surface area contributed by atoms with E-state index >= 15 is 0 Å². The Morgan fingerprint density at radius 3 is 2.32 bits per heavy atom. The molecule has 1 aromatic carbocycles. The van der Waals surface area contributed by atoms with Crippen LogP contribution in [0.1, 0.15) is 55.3 Å². The lowest BCUT2D eigenvalue weighted by atomic mass is 10.1. The van der Waals surface area contributed by atoms with Gasteiger partial charge in [0.2, 0.25) is 5.91 Å². The van der Waals surface area contributed by atoms with Crippen molar-refractivity contribution in [2.75, 3.05) is 6.54 Å². The smallest absolute Gasteiger partial charge is 0.251 e. The van der Waals surface area contributed by atoms with Crippen LogP contribution in [0.5, 0.6) is 0 Å². The lowest BCUT2D eigenvalue weighted by Gasteiger charge is -2.16. The van der Waals surface area contributed by atoms with Gasteiger partial charge in [0.15, 0.2) is 0 Å². The molecule has 1 aliphatic carbocycles. The number of carbonyl (C=O) groups is 2. The van der Waals surface area contributed by atoms with Gasteiger partial charge in [0.1, 0.15) is 0 Å². The number of benzene rings is 1. The van der Waals surface area contributed by atoms with Gasteiger partial charge in [0, 0.05) is 29.0 Å². The minimum atomic E-state index is -0.144. The topological polar surface area (TPSA) is 58.2 Å². The van der Waals surface area contributed by atoms with Gasteiger partial charge in [-0.25, -0.2) is 0 Å². The number of hydrogen-bond acceptors (Lipinski definition) is 2. The molecule has 0 aromatic heterocycles. The maximum absolute atomic E-state index is 11.9. The van der Waals surface area contributed by atoms with E-state index in [2.05, 4.69) is 26.6 Å². The first-order chi connectivity index (χ1) is 10.6. The minimum absolute atomic E-state index is 0.0306. The Morgan fingerprint density at radius 2 is 1.68 bits per heavy atom. The Hall–Kier alpha value is -1.36. The Labute approximate surface area is 140 Å². The first-order valence-electron chi connectivity index (χ1n) is 7.98. The molecule has 0 aliphatic heterocycles. The second-order valence-corrected chi connectivity index (χ2v) is 6.68. The molecule has 0 unspecified atom stereocenters. The van der Waals surface area contributed by atoms with Gasteiger partial charge in [0.05, 0.1) is 0 Å². The molecule has 2 N–H and O–H groups in total. The standard InChI is InChI=1S/C17H23BrN2O2/c18-14-9-7-13(8-10-14)17(22)19-12-11-16(21)20-15-5-3-1-2-4-6-15/h7-10,15H,1-6,11-12H2,(H,19,22)(H,20,21). The van der Waals surface area contributed by atoms with Crippen molar-refractivity contribution in [1.29, 1.82) is 0 Å². The predicted octanol–water partition coefficient (Wildman–Crippen LogP) is 3.41. The highest BCUT2D eigenvalue weighted by atomic mass is 79.9. The van der Waals surface area contributed by atoms with Gasteiger partial charge < -0.3 is 10.6 Å². The van der Waals surface area contributed by atoms with E-state index in [4.69, 9.17) is 0 Å². The molecule has 120 valence electrons. The molecule has 0 atom stereocenters. The number of halogens is 1. The fourth-order valence-electron chi connectivity index (χ4n) is 2.72. The number of carbonyl (C=O) groups excluding carboxylic acids is 2. The van der Waals surface area contributed by atoms with E-state index in [1.54, 1.807) is 12.1 Å². The van der Waals surface area contributed by atoms with Crippen LogP contribution in [-0.4, -0.2) is 24.4 Å². The van der Waals surface area contributed by atoms with Crippen LogP contribution in [0.25, 0.3) is 0 Å². The van der Waals surface area contributed by atoms with E-state index in [0.717, 1.165) is 17.3 Å². The number of amides is 2. The molecule has 5 heteroatoms. The molecule has 1 fully saturated rings. The number of hydrogen-bond donors (Lipinski definition) is 2. The molecule has 4 nitrogen and oxygen atoms in total. The van der Waals surface area contributed by atoms with Crippen LogP contribution < -0.4 is 10.6 Å². The van der Waals surface area contributed by atoms with Crippen molar-refractivity contribution in [3.63, 3.8) is 0 Å². The zero-order valence-electron chi connectivity index (χ0n) is 12.7. The molecule has 1 aliphatic rings. The second kappa shape index (κ2) is 8.93. The van der Waals surface area contributed by atoms with Gasteiger partial charge >= 0.3 is 0 Å². The summed E-state index contributed by atoms with van der Waals surface area (Å²) in [5.74, 6) is -0.113. The Bertz CT molecular complexity index is 494. The van der Waals surface area contributed by atoms with E-state index in [1.807, 2.05) is 12.1 Å². The molecule has 1 aromatic rings. The highest BCUT2D eigenvalue weighted by Gasteiger charge is 2.14. The van der Waals surface area contributed by atoms with E-state index in [0.29, 0.717) is 24.6 Å². The molecule has 0 bridgehead atoms. The molecule has 2 amide bonds. The van der Waals surface area contributed by atoms with E-state index in [9.17, 15) is 9.59 Å². The van der Waals surface area contributed by atoms with Crippen LogP contribution >= 0.6 is 15.9 Å². The molecule has 0 saturated heterocycles. The third-order valence-electron chi connectivity index (χ3n) is 3.96. The molecule has 0 spiro atoms. The van der Waals surface area contributed by atoms with Crippen LogP contribution in [-0.2, 0) is 4.79 Å². The van der Waals surface area contributed by atoms with Gasteiger partial charge in [0.25, 0.3) is 5.91 Å². The minimum Gasteiger partial charge on any atom is -0.353 e. The molecule has 1 saturated carbocycles. The quantitative estimate of drug-likeness (QED) is 0.784. The van der Waals surface area contributed by atoms with Crippen LogP contribution in [0.3, 0.4) is 0 Å². The van der Waals surface area contributed by atoms with Crippen molar-refractivity contribution in [1.82, 2.24) is 10.6 Å². The van der Waals surface area contributed by atoms with Crippen LogP contribution in [0, 0.1) is 0 Å². The van der Waals surface area contributed by atoms with Gasteiger partial charge in [-0.05, 0) is 37.1 Å². The highest BCUT2D eigenvalue weighted by molar-refractivity contribution is 9.10. The third kappa shape index (κ3) is 5.79. The largest absolute Gasteiger partial charge is 0.353 e. The fraction of sp³-hybridized carbons (Fsp3) is 0.529. The average Bonchev–Trinajstić information content (AvgIpc) is 2.76. The lowest BCUT2D eigenvalue weighted by Crippen LogP contribution is -2.36. The molecule has 22 heavy (non-hydrogen) atoms. The maximum atomic E-state index is 11.9. The van der Waals surface area contributed by atoms with E-state index in [-0.39, 0.29) is 11.8 Å². The van der Waals surface area contributed by atoms with Crippen molar-refractivity contribution in [2.24, 2.45) is 0 Å². The fourth-order valence-corrected chi connectivity index (χ4v) is 2.98. The molecular formula is C17H23BrN2O2. The summed E-state index contributed by atoms with van der Waals surface area (Å²) in [5.41, 5.74) is 0.604. The van der Waals surface area contributed by atoms with Gasteiger partial charge in [-0.2, -0.15) is 0 Å². The Kier molecular flexibility index (Phi) is 6.90. The van der Waals surface area contributed by atoms with E-state index in [1.165, 1.54) is 25.7 Å². The lowest BCUT2D eigenvalue weighted by molar-refractivity contribution is -0.121. The summed E-state index contributed by atoms with van der Waals surface area (Å²) >= 11 is 3.33. The van der Waals surface area contributed by atoms with Gasteiger partial charge in [-0.15, -0.1) is 0 Å². The summed E-state index contributed by atoms with van der Waals surface area (Å²) in [6.45, 7) is 0.369. The molecule has 0 heterocycles. The number of nitrogens with one attached hydrogen (secondary N) is 2. The van der Waals surface area contributed by atoms with Gasteiger partial charge in [-0.3, -0.25) is 9.59 Å². The van der Waals surface area contributed by atoms with E-state index < -0.39 is 0 Å². The summed E-state index contributed by atoms with van der Waals surface area (Å²) in [5, 5.41) is 5.87. The first kappa shape index (κ1) is 17.0. The zero-order valence-corrected chi connectivity index (χ0v) is 14.3. The zero-order chi connectivity index (χ0) is 15.8. The molecule has 0 radical (unpaired) electrons. The average molecular weight is 367 g/mol. The normalized spacial score (nSPS) is 15.9. The summed E-state index contributed by atoms with van der Waals surface area (Å²) < 4.78 is 0.937. The SMILES string of the molecule is O=C(CCNC(=O)c1ccc(Br)cc1)NC1CCCCCC1. The first-order valence-corrected chi connectivity index (χ1v) is 8.77. The van der Waals surface area contributed by atoms with Crippen molar-refractivity contribution >= 4 is 27.7 Å². The third-order valence-corrected chi connectivity index (χ3v) is 4.49. The van der Waals surface area contributed by atoms with Crippen molar-refractivity contribution < 1.29 is 9.59 Å². The van der Waals surface area contributed by atoms with Crippen molar-refractivity contribution in [3.8, 4) is 0 Å². The maximum Gasteiger partial charge on any atom is 0.251 e. The summed E-state index contributed by atoms with van der Waals surface area (Å²) in [7, 11) is 0. The van der Waals surface area contributed by atoms with Crippen LogP contribution in [0.15, 0.2) is 28.7 Å². The van der Waals surface area contributed by atoms with Crippen molar-refractivity contribution in [2.45, 2.75) is 51.0 Å². The molecule has 2 rings (SSSR count). The molecular weight excluding hydrogens is 344 g/mol. The van der Waals surface area contributed by atoms with Gasteiger partial charge in [-0.1, -0.05) is 41.6 Å².